The summed E-state index contributed by atoms with van der Waals surface area (Å²) in [6.45, 7) is 3.88. The van der Waals surface area contributed by atoms with Gasteiger partial charge >= 0.3 is 5.97 Å². The maximum Gasteiger partial charge on any atom is 0.334 e. The highest BCUT2D eigenvalue weighted by molar-refractivity contribution is 7.89. The van der Waals surface area contributed by atoms with Gasteiger partial charge in [-0.25, -0.2) is 18.4 Å². The van der Waals surface area contributed by atoms with Crippen LogP contribution in [0, 0.1) is 6.92 Å². The maximum atomic E-state index is 11.8. The van der Waals surface area contributed by atoms with Crippen LogP contribution in [0.25, 0.3) is 22.4 Å². The lowest BCUT2D eigenvalue weighted by Gasteiger charge is -2.04. The van der Waals surface area contributed by atoms with Crippen LogP contribution < -0.4 is 9.98 Å². The van der Waals surface area contributed by atoms with E-state index < -0.39 is 10.0 Å². The SMILES string of the molecule is CCCC(=O)On1cc(-c2ccc(C)cc2)c(-c2ccc(S(N)(=O)=O)cc2)n1. The van der Waals surface area contributed by atoms with Gasteiger partial charge in [-0.3, -0.25) is 0 Å². The number of carbonyl (C=O) groups is 1. The molecule has 0 aliphatic rings. The second kappa shape index (κ2) is 7.95. The quantitative estimate of drug-likeness (QED) is 0.686. The van der Waals surface area contributed by atoms with Gasteiger partial charge in [-0.2, -0.15) is 0 Å². The first kappa shape index (κ1) is 19.8. The Balaban J connectivity index is 2.06. The number of sulfonamides is 1. The van der Waals surface area contributed by atoms with Gasteiger partial charge in [0.25, 0.3) is 0 Å². The Morgan fingerprint density at radius 1 is 1.07 bits per heavy atom. The van der Waals surface area contributed by atoms with E-state index in [4.69, 9.17) is 9.98 Å². The van der Waals surface area contributed by atoms with Crippen molar-refractivity contribution in [3.8, 4) is 22.4 Å². The third kappa shape index (κ3) is 4.47. The van der Waals surface area contributed by atoms with E-state index in [1.54, 1.807) is 18.3 Å². The number of benzene rings is 2. The van der Waals surface area contributed by atoms with Crippen LogP contribution in [-0.2, 0) is 14.8 Å². The molecule has 3 rings (SSSR count). The molecule has 0 fully saturated rings. The molecule has 0 aliphatic heterocycles. The standard InChI is InChI=1S/C20H21N3O4S/c1-3-4-19(24)27-23-13-18(15-7-5-14(2)6-8-15)20(22-23)16-9-11-17(12-10-16)28(21,25)26/h5-13H,3-4H2,1-2H3,(H2,21,25,26). The summed E-state index contributed by atoms with van der Waals surface area (Å²) in [7, 11) is -3.78. The molecule has 1 aromatic heterocycles. The van der Waals surface area contributed by atoms with Crippen molar-refractivity contribution < 1.29 is 18.0 Å². The molecular weight excluding hydrogens is 378 g/mol. The van der Waals surface area contributed by atoms with Gasteiger partial charge in [0.15, 0.2) is 0 Å². The van der Waals surface area contributed by atoms with Crippen molar-refractivity contribution in [3.05, 3.63) is 60.3 Å². The molecule has 0 bridgehead atoms. The number of carbonyl (C=O) groups excluding carboxylic acids is 1. The summed E-state index contributed by atoms with van der Waals surface area (Å²) in [5.74, 6) is -0.378. The zero-order valence-corrected chi connectivity index (χ0v) is 16.4. The minimum atomic E-state index is -3.78. The minimum Gasteiger partial charge on any atom is -0.319 e. The molecule has 8 heteroatoms. The van der Waals surface area contributed by atoms with Gasteiger partial charge in [0.2, 0.25) is 10.0 Å². The van der Waals surface area contributed by atoms with Crippen LogP contribution >= 0.6 is 0 Å². The van der Waals surface area contributed by atoms with Crippen molar-refractivity contribution in [3.63, 3.8) is 0 Å². The van der Waals surface area contributed by atoms with Gasteiger partial charge in [-0.05, 0) is 31.0 Å². The lowest BCUT2D eigenvalue weighted by molar-refractivity contribution is -0.145. The van der Waals surface area contributed by atoms with E-state index in [1.807, 2.05) is 38.1 Å². The Hall–Kier alpha value is -2.97. The van der Waals surface area contributed by atoms with Gasteiger partial charge in [0.1, 0.15) is 5.69 Å². The number of hydrogen-bond acceptors (Lipinski definition) is 5. The van der Waals surface area contributed by atoms with Crippen molar-refractivity contribution in [1.82, 2.24) is 9.94 Å². The Bertz CT molecular complexity index is 1090. The number of rotatable bonds is 6. The van der Waals surface area contributed by atoms with E-state index in [0.717, 1.165) is 21.5 Å². The van der Waals surface area contributed by atoms with Gasteiger partial charge in [-0.15, -0.1) is 5.10 Å². The third-order valence-electron chi connectivity index (χ3n) is 4.16. The molecular formula is C20H21N3O4S. The van der Waals surface area contributed by atoms with E-state index in [0.29, 0.717) is 17.7 Å². The molecule has 0 atom stereocenters. The molecule has 0 saturated heterocycles. The largest absolute Gasteiger partial charge is 0.334 e. The number of hydrogen-bond donors (Lipinski definition) is 1. The molecule has 0 amide bonds. The molecule has 146 valence electrons. The highest BCUT2D eigenvalue weighted by Crippen LogP contribution is 2.31. The first-order valence-corrected chi connectivity index (χ1v) is 10.3. The Morgan fingerprint density at radius 3 is 2.25 bits per heavy atom. The molecule has 1 heterocycles. The summed E-state index contributed by atoms with van der Waals surface area (Å²) in [6.07, 6.45) is 2.60. The minimum absolute atomic E-state index is 0.0157. The predicted molar refractivity (Wildman–Crippen MR) is 106 cm³/mol. The summed E-state index contributed by atoms with van der Waals surface area (Å²) >= 11 is 0. The average Bonchev–Trinajstić information content (AvgIpc) is 3.05. The van der Waals surface area contributed by atoms with Gasteiger partial charge < -0.3 is 4.84 Å². The first-order chi connectivity index (χ1) is 13.3. The normalized spacial score (nSPS) is 11.4. The lowest BCUT2D eigenvalue weighted by atomic mass is 10.0. The van der Waals surface area contributed by atoms with E-state index in [2.05, 4.69) is 5.10 Å². The number of nitrogens with zero attached hydrogens (tertiary/aromatic N) is 2. The van der Waals surface area contributed by atoms with Crippen molar-refractivity contribution in [2.24, 2.45) is 5.14 Å². The molecule has 28 heavy (non-hydrogen) atoms. The molecule has 0 aliphatic carbocycles. The summed E-state index contributed by atoms with van der Waals surface area (Å²) < 4.78 is 23.0. The second-order valence-electron chi connectivity index (χ2n) is 6.44. The first-order valence-electron chi connectivity index (χ1n) is 8.79. The van der Waals surface area contributed by atoms with Gasteiger partial charge in [0.05, 0.1) is 11.1 Å². The monoisotopic (exact) mass is 399 g/mol. The molecule has 0 spiro atoms. The van der Waals surface area contributed by atoms with E-state index in [9.17, 15) is 13.2 Å². The van der Waals surface area contributed by atoms with Crippen LogP contribution in [0.1, 0.15) is 25.3 Å². The van der Waals surface area contributed by atoms with E-state index in [-0.39, 0.29) is 17.3 Å². The summed E-state index contributed by atoms with van der Waals surface area (Å²) in [5, 5.41) is 9.55. The van der Waals surface area contributed by atoms with Crippen LogP contribution in [0.4, 0.5) is 0 Å². The fraction of sp³-hybridized carbons (Fsp3) is 0.200. The van der Waals surface area contributed by atoms with Crippen LogP contribution in [0.15, 0.2) is 59.6 Å². The smallest absolute Gasteiger partial charge is 0.319 e. The molecule has 7 nitrogen and oxygen atoms in total. The number of aryl methyl sites for hydroxylation is 1. The molecule has 2 aromatic carbocycles. The van der Waals surface area contributed by atoms with Crippen LogP contribution in [0.3, 0.4) is 0 Å². The summed E-state index contributed by atoms with van der Waals surface area (Å²) in [4.78, 5) is 18.3. The molecule has 0 radical (unpaired) electrons. The number of aromatic nitrogens is 2. The van der Waals surface area contributed by atoms with E-state index >= 15 is 0 Å². The predicted octanol–water partition coefficient (Wildman–Crippen LogP) is 2.93. The highest BCUT2D eigenvalue weighted by atomic mass is 32.2. The second-order valence-corrected chi connectivity index (χ2v) is 8.00. The van der Waals surface area contributed by atoms with E-state index in [1.165, 1.54) is 12.1 Å². The van der Waals surface area contributed by atoms with Crippen LogP contribution in [0.2, 0.25) is 0 Å². The molecule has 3 aromatic rings. The Morgan fingerprint density at radius 2 is 1.68 bits per heavy atom. The third-order valence-corrected chi connectivity index (χ3v) is 5.09. The maximum absolute atomic E-state index is 11.8. The van der Waals surface area contributed by atoms with Crippen molar-refractivity contribution in [2.75, 3.05) is 0 Å². The van der Waals surface area contributed by atoms with Crippen molar-refractivity contribution in [1.29, 1.82) is 0 Å². The number of primary sulfonamides is 1. The average molecular weight is 399 g/mol. The molecule has 0 unspecified atom stereocenters. The summed E-state index contributed by atoms with van der Waals surface area (Å²) in [5.41, 5.74) is 4.01. The van der Waals surface area contributed by atoms with Gasteiger partial charge in [0, 0.05) is 17.5 Å². The highest BCUT2D eigenvalue weighted by Gasteiger charge is 2.16. The molecule has 2 N–H and O–H groups in total. The fourth-order valence-corrected chi connectivity index (χ4v) is 3.23. The van der Waals surface area contributed by atoms with Crippen molar-refractivity contribution in [2.45, 2.75) is 31.6 Å². The lowest BCUT2D eigenvalue weighted by Crippen LogP contribution is -2.19. The fourth-order valence-electron chi connectivity index (χ4n) is 2.71. The van der Waals surface area contributed by atoms with Crippen molar-refractivity contribution >= 4 is 16.0 Å². The Labute approximate surface area is 163 Å². The van der Waals surface area contributed by atoms with Gasteiger partial charge in [-0.1, -0.05) is 53.7 Å². The topological polar surface area (TPSA) is 104 Å². The number of nitrogens with two attached hydrogens (primary N) is 1. The van der Waals surface area contributed by atoms with Crippen LogP contribution in [-0.4, -0.2) is 24.3 Å². The van der Waals surface area contributed by atoms with Crippen LogP contribution in [0.5, 0.6) is 0 Å². The molecule has 0 saturated carbocycles. The Kier molecular flexibility index (Phi) is 5.62. The zero-order chi connectivity index (χ0) is 20.3. The summed E-state index contributed by atoms with van der Waals surface area (Å²) in [6, 6.07) is 13.9. The zero-order valence-electron chi connectivity index (χ0n) is 15.6.